The Kier molecular flexibility index (Phi) is 4.26. The van der Waals surface area contributed by atoms with Gasteiger partial charge in [-0.25, -0.2) is 4.79 Å². The maximum absolute atomic E-state index is 12.9. The number of hydrogen-bond acceptors (Lipinski definition) is 4. The fourth-order valence-electron chi connectivity index (χ4n) is 3.31. The standard InChI is InChI=1S/C17H23N3O3/c1-17(13-4-3-5-14(10-13)23-2)15(21)20(16(22)19-17)11-12-6-8-18-9-7-12/h3-5,10,12,18H,6-9,11H2,1-2H3,(H,19,22). The average Bonchev–Trinajstić information content (AvgIpc) is 2.80. The van der Waals surface area contributed by atoms with E-state index in [1.54, 1.807) is 20.1 Å². The summed E-state index contributed by atoms with van der Waals surface area (Å²) in [5.41, 5.74) is -0.290. The molecule has 0 spiro atoms. The number of nitrogens with zero attached hydrogens (tertiary/aromatic N) is 1. The van der Waals surface area contributed by atoms with Crippen LogP contribution in [0.4, 0.5) is 4.79 Å². The Morgan fingerprint density at radius 1 is 1.30 bits per heavy atom. The zero-order valence-electron chi connectivity index (χ0n) is 13.6. The van der Waals surface area contributed by atoms with Crippen LogP contribution in [-0.2, 0) is 10.3 Å². The van der Waals surface area contributed by atoms with Gasteiger partial charge in [-0.1, -0.05) is 12.1 Å². The second-order valence-electron chi connectivity index (χ2n) is 6.40. The number of urea groups is 1. The minimum atomic E-state index is -1.03. The van der Waals surface area contributed by atoms with E-state index in [9.17, 15) is 9.59 Å². The molecule has 2 fully saturated rings. The van der Waals surface area contributed by atoms with Gasteiger partial charge in [-0.2, -0.15) is 0 Å². The number of amides is 3. The summed E-state index contributed by atoms with van der Waals surface area (Å²) < 4.78 is 5.23. The van der Waals surface area contributed by atoms with Gasteiger partial charge in [0.25, 0.3) is 5.91 Å². The van der Waals surface area contributed by atoms with Gasteiger partial charge in [0.1, 0.15) is 11.3 Å². The Morgan fingerprint density at radius 2 is 2.04 bits per heavy atom. The molecule has 6 heteroatoms. The molecule has 0 bridgehead atoms. The molecule has 2 saturated heterocycles. The molecule has 6 nitrogen and oxygen atoms in total. The van der Waals surface area contributed by atoms with Crippen molar-refractivity contribution in [2.75, 3.05) is 26.7 Å². The minimum Gasteiger partial charge on any atom is -0.497 e. The summed E-state index contributed by atoms with van der Waals surface area (Å²) in [5.74, 6) is 0.857. The molecule has 3 amide bonds. The van der Waals surface area contributed by atoms with Crippen LogP contribution < -0.4 is 15.4 Å². The van der Waals surface area contributed by atoms with Crippen molar-refractivity contribution >= 4 is 11.9 Å². The maximum Gasteiger partial charge on any atom is 0.325 e. The van der Waals surface area contributed by atoms with Crippen LogP contribution in [0, 0.1) is 5.92 Å². The Hall–Kier alpha value is -2.08. The molecule has 2 aliphatic heterocycles. The third kappa shape index (κ3) is 2.91. The van der Waals surface area contributed by atoms with Gasteiger partial charge in [-0.3, -0.25) is 9.69 Å². The van der Waals surface area contributed by atoms with Gasteiger partial charge in [0.15, 0.2) is 0 Å². The smallest absolute Gasteiger partial charge is 0.325 e. The third-order valence-corrected chi connectivity index (χ3v) is 4.82. The molecule has 2 heterocycles. The largest absolute Gasteiger partial charge is 0.497 e. The SMILES string of the molecule is COc1cccc(C2(C)NC(=O)N(CC3CCNCC3)C2=O)c1. The van der Waals surface area contributed by atoms with E-state index in [-0.39, 0.29) is 11.9 Å². The van der Waals surface area contributed by atoms with Crippen molar-refractivity contribution in [2.24, 2.45) is 5.92 Å². The first-order valence-corrected chi connectivity index (χ1v) is 8.04. The summed E-state index contributed by atoms with van der Waals surface area (Å²) in [6.07, 6.45) is 1.99. The lowest BCUT2D eigenvalue weighted by Gasteiger charge is -2.27. The highest BCUT2D eigenvalue weighted by Crippen LogP contribution is 2.31. The Labute approximate surface area is 136 Å². The van der Waals surface area contributed by atoms with E-state index in [0.717, 1.165) is 31.5 Å². The van der Waals surface area contributed by atoms with Gasteiger partial charge in [-0.05, 0) is 56.5 Å². The van der Waals surface area contributed by atoms with E-state index >= 15 is 0 Å². The van der Waals surface area contributed by atoms with Gasteiger partial charge in [0, 0.05) is 6.54 Å². The van der Waals surface area contributed by atoms with Gasteiger partial charge < -0.3 is 15.4 Å². The van der Waals surface area contributed by atoms with Gasteiger partial charge >= 0.3 is 6.03 Å². The molecule has 1 unspecified atom stereocenters. The van der Waals surface area contributed by atoms with E-state index in [1.807, 2.05) is 18.2 Å². The number of ether oxygens (including phenoxy) is 1. The van der Waals surface area contributed by atoms with Crippen LogP contribution in [0.5, 0.6) is 5.75 Å². The molecular weight excluding hydrogens is 294 g/mol. The predicted octanol–water partition coefficient (Wildman–Crippen LogP) is 1.46. The van der Waals surface area contributed by atoms with E-state index in [2.05, 4.69) is 10.6 Å². The molecule has 3 rings (SSSR count). The van der Waals surface area contributed by atoms with Crippen molar-refractivity contribution in [3.05, 3.63) is 29.8 Å². The first kappa shape index (κ1) is 15.8. The molecule has 0 aliphatic carbocycles. The quantitative estimate of drug-likeness (QED) is 0.825. The van der Waals surface area contributed by atoms with Crippen molar-refractivity contribution in [1.29, 1.82) is 0 Å². The summed E-state index contributed by atoms with van der Waals surface area (Å²) in [5, 5.41) is 6.15. The number of nitrogens with one attached hydrogen (secondary N) is 2. The third-order valence-electron chi connectivity index (χ3n) is 4.82. The lowest BCUT2D eigenvalue weighted by molar-refractivity contribution is -0.131. The van der Waals surface area contributed by atoms with Crippen LogP contribution in [0.3, 0.4) is 0 Å². The Bertz CT molecular complexity index is 613. The molecule has 1 aromatic carbocycles. The molecule has 124 valence electrons. The molecule has 1 atom stereocenters. The van der Waals surface area contributed by atoms with E-state index in [0.29, 0.717) is 18.2 Å². The first-order chi connectivity index (χ1) is 11.0. The molecule has 0 aromatic heterocycles. The van der Waals surface area contributed by atoms with Gasteiger partial charge in [0.2, 0.25) is 0 Å². The number of carbonyl (C=O) groups excluding carboxylic acids is 2. The number of imide groups is 1. The fourth-order valence-corrected chi connectivity index (χ4v) is 3.31. The molecule has 23 heavy (non-hydrogen) atoms. The van der Waals surface area contributed by atoms with Crippen molar-refractivity contribution in [2.45, 2.75) is 25.3 Å². The van der Waals surface area contributed by atoms with Gasteiger partial charge in [0.05, 0.1) is 7.11 Å². The predicted molar refractivity (Wildman–Crippen MR) is 86.2 cm³/mol. The summed E-state index contributed by atoms with van der Waals surface area (Å²) in [6, 6.07) is 6.98. The van der Waals surface area contributed by atoms with Crippen LogP contribution in [0.25, 0.3) is 0 Å². The average molecular weight is 317 g/mol. The fraction of sp³-hybridized carbons (Fsp3) is 0.529. The number of benzene rings is 1. The van der Waals surface area contributed by atoms with Crippen LogP contribution in [-0.4, -0.2) is 43.6 Å². The lowest BCUT2D eigenvalue weighted by Crippen LogP contribution is -2.42. The highest BCUT2D eigenvalue weighted by atomic mass is 16.5. The van der Waals surface area contributed by atoms with Crippen LogP contribution in [0.1, 0.15) is 25.3 Å². The van der Waals surface area contributed by atoms with Crippen LogP contribution in [0.2, 0.25) is 0 Å². The van der Waals surface area contributed by atoms with Crippen molar-refractivity contribution in [3.8, 4) is 5.75 Å². The zero-order valence-corrected chi connectivity index (χ0v) is 13.6. The van der Waals surface area contributed by atoms with Gasteiger partial charge in [-0.15, -0.1) is 0 Å². The Morgan fingerprint density at radius 3 is 2.74 bits per heavy atom. The van der Waals surface area contributed by atoms with E-state index < -0.39 is 5.54 Å². The normalized spacial score (nSPS) is 25.6. The summed E-state index contributed by atoms with van der Waals surface area (Å²) in [4.78, 5) is 26.6. The second kappa shape index (κ2) is 6.20. The molecule has 0 radical (unpaired) electrons. The summed E-state index contributed by atoms with van der Waals surface area (Å²) in [7, 11) is 1.58. The minimum absolute atomic E-state index is 0.186. The van der Waals surface area contributed by atoms with E-state index in [1.165, 1.54) is 4.90 Å². The molecule has 0 saturated carbocycles. The number of carbonyl (C=O) groups is 2. The second-order valence-corrected chi connectivity index (χ2v) is 6.40. The molecule has 1 aromatic rings. The highest BCUT2D eigenvalue weighted by molar-refractivity contribution is 6.07. The zero-order chi connectivity index (χ0) is 16.4. The van der Waals surface area contributed by atoms with Crippen LogP contribution >= 0.6 is 0 Å². The molecule has 2 N–H and O–H groups in total. The number of rotatable bonds is 4. The topological polar surface area (TPSA) is 70.7 Å². The number of hydrogen-bond donors (Lipinski definition) is 2. The number of piperidine rings is 1. The van der Waals surface area contributed by atoms with Crippen molar-refractivity contribution < 1.29 is 14.3 Å². The monoisotopic (exact) mass is 317 g/mol. The van der Waals surface area contributed by atoms with Crippen molar-refractivity contribution in [1.82, 2.24) is 15.5 Å². The Balaban J connectivity index is 1.81. The highest BCUT2D eigenvalue weighted by Gasteiger charge is 2.49. The first-order valence-electron chi connectivity index (χ1n) is 8.04. The summed E-state index contributed by atoms with van der Waals surface area (Å²) >= 11 is 0. The molecule has 2 aliphatic rings. The lowest BCUT2D eigenvalue weighted by atomic mass is 9.91. The van der Waals surface area contributed by atoms with E-state index in [4.69, 9.17) is 4.74 Å². The number of methoxy groups -OCH3 is 1. The summed E-state index contributed by atoms with van der Waals surface area (Å²) in [6.45, 7) is 4.14. The molecular formula is C17H23N3O3. The maximum atomic E-state index is 12.9. The van der Waals surface area contributed by atoms with Crippen LogP contribution in [0.15, 0.2) is 24.3 Å². The van der Waals surface area contributed by atoms with Crippen molar-refractivity contribution in [3.63, 3.8) is 0 Å².